The Kier molecular flexibility index (Phi) is 4.39. The number of halogens is 1. The number of hydrogen-bond acceptors (Lipinski definition) is 3. The number of hydrogen-bond donors (Lipinski definition) is 2. The van der Waals surface area contributed by atoms with Gasteiger partial charge in [-0.2, -0.15) is 0 Å². The lowest BCUT2D eigenvalue weighted by Crippen LogP contribution is -2.54. The molecule has 0 unspecified atom stereocenters. The highest BCUT2D eigenvalue weighted by molar-refractivity contribution is 6.02. The Balaban J connectivity index is 2.05. The molecular weight excluding hydrogens is 253 g/mol. The van der Waals surface area contributed by atoms with Crippen LogP contribution in [0.2, 0.25) is 0 Å². The second-order valence-corrected chi connectivity index (χ2v) is 5.38. The molecule has 19 heavy (non-hydrogen) atoms. The molecule has 2 atom stereocenters. The molecule has 1 amide bonds. The van der Waals surface area contributed by atoms with Crippen molar-refractivity contribution in [3.05, 3.63) is 0 Å². The fourth-order valence-electron chi connectivity index (χ4n) is 2.81. The van der Waals surface area contributed by atoms with Crippen LogP contribution in [0.3, 0.4) is 0 Å². The number of carboxylic acids is 1. The lowest BCUT2D eigenvalue weighted by Gasteiger charge is -2.35. The van der Waals surface area contributed by atoms with Gasteiger partial charge in [-0.15, -0.1) is 0 Å². The summed E-state index contributed by atoms with van der Waals surface area (Å²) in [5.41, 5.74) is -1.45. The summed E-state index contributed by atoms with van der Waals surface area (Å²) in [5, 5.41) is 12.0. The van der Waals surface area contributed by atoms with Gasteiger partial charge in [0.15, 0.2) is 5.41 Å². The Morgan fingerprint density at radius 2 is 1.84 bits per heavy atom. The van der Waals surface area contributed by atoms with E-state index < -0.39 is 29.5 Å². The van der Waals surface area contributed by atoms with Gasteiger partial charge in [0.2, 0.25) is 5.91 Å². The van der Waals surface area contributed by atoms with E-state index in [1.54, 1.807) is 0 Å². The molecule has 2 aliphatic rings. The van der Waals surface area contributed by atoms with Crippen LogP contribution in [0, 0.1) is 5.41 Å². The summed E-state index contributed by atoms with van der Waals surface area (Å²) in [7, 11) is 0. The van der Waals surface area contributed by atoms with E-state index in [4.69, 9.17) is 4.74 Å². The molecule has 1 aliphatic carbocycles. The summed E-state index contributed by atoms with van der Waals surface area (Å²) >= 11 is 0. The van der Waals surface area contributed by atoms with Crippen molar-refractivity contribution in [3.63, 3.8) is 0 Å². The molecule has 2 N–H and O–H groups in total. The molecule has 0 spiro atoms. The smallest absolute Gasteiger partial charge is 0.319 e. The third kappa shape index (κ3) is 2.88. The topological polar surface area (TPSA) is 75.6 Å². The quantitative estimate of drug-likeness (QED) is 0.759. The van der Waals surface area contributed by atoms with E-state index in [2.05, 4.69) is 5.32 Å². The second-order valence-electron chi connectivity index (χ2n) is 5.38. The van der Waals surface area contributed by atoms with E-state index in [-0.39, 0.29) is 26.1 Å². The molecule has 1 aliphatic heterocycles. The molecule has 2 rings (SSSR count). The molecule has 0 aromatic heterocycles. The Labute approximate surface area is 111 Å². The first kappa shape index (κ1) is 14.2. The van der Waals surface area contributed by atoms with Gasteiger partial charge in [-0.1, -0.05) is 12.8 Å². The van der Waals surface area contributed by atoms with Crippen LogP contribution in [0.5, 0.6) is 0 Å². The molecule has 6 heteroatoms. The van der Waals surface area contributed by atoms with Gasteiger partial charge in [0.25, 0.3) is 0 Å². The van der Waals surface area contributed by atoms with E-state index in [0.717, 1.165) is 12.8 Å². The van der Waals surface area contributed by atoms with Gasteiger partial charge < -0.3 is 15.2 Å². The van der Waals surface area contributed by atoms with E-state index in [1.165, 1.54) is 0 Å². The summed E-state index contributed by atoms with van der Waals surface area (Å²) in [4.78, 5) is 23.7. The third-order valence-corrected chi connectivity index (χ3v) is 4.19. The van der Waals surface area contributed by atoms with Crippen LogP contribution in [0.15, 0.2) is 0 Å². The van der Waals surface area contributed by atoms with Crippen LogP contribution >= 0.6 is 0 Å². The molecular formula is C13H20FNO4. The molecule has 0 aromatic carbocycles. The SMILES string of the molecule is O=C(O)C1(C(=O)N[C@@H]2CCCC[C@H]2F)CCOCC1. The zero-order chi connectivity index (χ0) is 13.9. The van der Waals surface area contributed by atoms with Crippen LogP contribution in [0.4, 0.5) is 4.39 Å². The highest BCUT2D eigenvalue weighted by Crippen LogP contribution is 2.32. The Morgan fingerprint density at radius 1 is 1.21 bits per heavy atom. The van der Waals surface area contributed by atoms with Crippen LogP contribution in [-0.2, 0) is 14.3 Å². The van der Waals surface area contributed by atoms with Gasteiger partial charge in [-0.3, -0.25) is 9.59 Å². The van der Waals surface area contributed by atoms with Crippen molar-refractivity contribution in [2.75, 3.05) is 13.2 Å². The summed E-state index contributed by atoms with van der Waals surface area (Å²) in [6, 6.07) is -0.541. The fourth-order valence-corrected chi connectivity index (χ4v) is 2.81. The average molecular weight is 273 g/mol. The molecule has 1 saturated carbocycles. The third-order valence-electron chi connectivity index (χ3n) is 4.19. The molecule has 2 fully saturated rings. The van der Waals surface area contributed by atoms with E-state index in [9.17, 15) is 19.1 Å². The Hall–Kier alpha value is -1.17. The fraction of sp³-hybridized carbons (Fsp3) is 0.846. The zero-order valence-electron chi connectivity index (χ0n) is 10.9. The first-order valence-corrected chi connectivity index (χ1v) is 6.82. The molecule has 0 bridgehead atoms. The lowest BCUT2D eigenvalue weighted by atomic mass is 9.78. The highest BCUT2D eigenvalue weighted by atomic mass is 19.1. The Bertz CT molecular complexity index is 355. The molecule has 0 radical (unpaired) electrons. The van der Waals surface area contributed by atoms with Gasteiger partial charge in [0.05, 0.1) is 6.04 Å². The van der Waals surface area contributed by atoms with Gasteiger partial charge in [0.1, 0.15) is 6.17 Å². The van der Waals surface area contributed by atoms with Gasteiger partial charge >= 0.3 is 5.97 Å². The Morgan fingerprint density at radius 3 is 2.42 bits per heavy atom. The van der Waals surface area contributed by atoms with Gasteiger partial charge in [-0.05, 0) is 25.7 Å². The maximum absolute atomic E-state index is 13.7. The number of amides is 1. The van der Waals surface area contributed by atoms with Crippen LogP contribution in [-0.4, -0.2) is 42.4 Å². The second kappa shape index (κ2) is 5.86. The normalized spacial score (nSPS) is 30.6. The summed E-state index contributed by atoms with van der Waals surface area (Å²) in [5.74, 6) is -1.70. The number of carboxylic acid groups (broad SMARTS) is 1. The molecule has 0 aromatic rings. The molecule has 108 valence electrons. The molecule has 5 nitrogen and oxygen atoms in total. The van der Waals surface area contributed by atoms with Gasteiger partial charge in [0, 0.05) is 13.2 Å². The minimum absolute atomic E-state index is 0.151. The zero-order valence-corrected chi connectivity index (χ0v) is 10.9. The maximum atomic E-state index is 13.7. The summed E-state index contributed by atoms with van der Waals surface area (Å²) in [6.45, 7) is 0.507. The highest BCUT2D eigenvalue weighted by Gasteiger charge is 2.48. The number of ether oxygens (including phenoxy) is 1. The first-order valence-electron chi connectivity index (χ1n) is 6.82. The maximum Gasteiger partial charge on any atom is 0.319 e. The predicted molar refractivity (Wildman–Crippen MR) is 65.4 cm³/mol. The van der Waals surface area contributed by atoms with Crippen molar-refractivity contribution in [2.24, 2.45) is 5.41 Å². The van der Waals surface area contributed by atoms with E-state index in [1.807, 2.05) is 0 Å². The number of aliphatic carboxylic acids is 1. The summed E-state index contributed by atoms with van der Waals surface area (Å²) in [6.07, 6.45) is 1.95. The number of alkyl halides is 1. The molecule has 1 saturated heterocycles. The van der Waals surface area contributed by atoms with Crippen molar-refractivity contribution in [1.29, 1.82) is 0 Å². The minimum atomic E-state index is -1.45. The monoisotopic (exact) mass is 273 g/mol. The van der Waals surface area contributed by atoms with Crippen LogP contribution in [0.1, 0.15) is 38.5 Å². The van der Waals surface area contributed by atoms with Crippen molar-refractivity contribution < 1.29 is 23.8 Å². The average Bonchev–Trinajstić information content (AvgIpc) is 2.42. The number of carbonyl (C=O) groups excluding carboxylic acids is 1. The number of nitrogens with one attached hydrogen (secondary N) is 1. The largest absolute Gasteiger partial charge is 0.480 e. The predicted octanol–water partition coefficient (Wildman–Crippen LogP) is 1.26. The van der Waals surface area contributed by atoms with Crippen LogP contribution in [0.25, 0.3) is 0 Å². The van der Waals surface area contributed by atoms with Crippen molar-refractivity contribution >= 4 is 11.9 Å². The summed E-state index contributed by atoms with van der Waals surface area (Å²) < 4.78 is 18.8. The minimum Gasteiger partial charge on any atom is -0.480 e. The first-order chi connectivity index (χ1) is 9.06. The van der Waals surface area contributed by atoms with Crippen LogP contribution < -0.4 is 5.32 Å². The van der Waals surface area contributed by atoms with Crippen molar-refractivity contribution in [2.45, 2.75) is 50.7 Å². The standard InChI is InChI=1S/C13H20FNO4/c14-9-3-1-2-4-10(9)15-11(16)13(12(17)18)5-7-19-8-6-13/h9-10H,1-8H2,(H,15,16)(H,17,18)/t9-,10-/m1/s1. The molecule has 1 heterocycles. The van der Waals surface area contributed by atoms with Crippen molar-refractivity contribution in [3.8, 4) is 0 Å². The number of carbonyl (C=O) groups is 2. The van der Waals surface area contributed by atoms with Crippen molar-refractivity contribution in [1.82, 2.24) is 5.32 Å². The van der Waals surface area contributed by atoms with E-state index >= 15 is 0 Å². The number of rotatable bonds is 3. The van der Waals surface area contributed by atoms with Gasteiger partial charge in [-0.25, -0.2) is 4.39 Å². The van der Waals surface area contributed by atoms with E-state index in [0.29, 0.717) is 12.8 Å². The lowest BCUT2D eigenvalue weighted by molar-refractivity contribution is -0.163.